The van der Waals surface area contributed by atoms with Gasteiger partial charge in [-0.3, -0.25) is 4.79 Å². The first-order valence-corrected chi connectivity index (χ1v) is 7.49. The van der Waals surface area contributed by atoms with Gasteiger partial charge in [-0.2, -0.15) is 0 Å². The Hall–Kier alpha value is -2.82. The Morgan fingerprint density at radius 3 is 2.65 bits per heavy atom. The molecule has 3 aromatic rings. The van der Waals surface area contributed by atoms with Gasteiger partial charge in [-0.1, -0.05) is 31.2 Å². The summed E-state index contributed by atoms with van der Waals surface area (Å²) in [6.45, 7) is 1.93. The largest absolute Gasteiger partial charge is 0.461 e. The van der Waals surface area contributed by atoms with Gasteiger partial charge in [0, 0.05) is 39.9 Å². The van der Waals surface area contributed by atoms with Crippen LogP contribution in [0.2, 0.25) is 0 Å². The molecule has 0 aliphatic carbocycles. The van der Waals surface area contributed by atoms with Crippen molar-refractivity contribution in [2.75, 3.05) is 5.73 Å². The number of benzene rings is 2. The third kappa shape index (κ3) is 2.90. The lowest BCUT2D eigenvalue weighted by atomic mass is 10.0. The highest BCUT2D eigenvalue weighted by atomic mass is 16.5. The highest BCUT2D eigenvalue weighted by molar-refractivity contribution is 6.10. The smallest absolute Gasteiger partial charge is 0.336 e. The maximum absolute atomic E-state index is 11.9. The second kappa shape index (κ2) is 6.12. The van der Waals surface area contributed by atoms with Crippen LogP contribution in [0.25, 0.3) is 21.7 Å². The Kier molecular flexibility index (Phi) is 4.02. The van der Waals surface area contributed by atoms with E-state index in [9.17, 15) is 9.59 Å². The number of nitrogen functional groups attached to an aromatic ring is 1. The molecule has 1 heterocycles. The van der Waals surface area contributed by atoms with Crippen molar-refractivity contribution in [2.45, 2.75) is 26.4 Å². The fourth-order valence-electron chi connectivity index (χ4n) is 2.63. The molecule has 0 aliphatic heterocycles. The summed E-state index contributed by atoms with van der Waals surface area (Å²) < 4.78 is 10.6. The summed E-state index contributed by atoms with van der Waals surface area (Å²) >= 11 is 0. The van der Waals surface area contributed by atoms with Crippen molar-refractivity contribution in [1.82, 2.24) is 0 Å². The number of fused-ring (bicyclic) bond motifs is 3. The van der Waals surface area contributed by atoms with Crippen molar-refractivity contribution in [1.29, 1.82) is 0 Å². The lowest BCUT2D eigenvalue weighted by molar-refractivity contribution is -0.144. The number of ether oxygens (including phenoxy) is 1. The first-order valence-electron chi connectivity index (χ1n) is 7.49. The number of nitrogens with two attached hydrogens (primary N) is 1. The van der Waals surface area contributed by atoms with E-state index < -0.39 is 5.63 Å². The second-order valence-corrected chi connectivity index (χ2v) is 5.39. The zero-order valence-corrected chi connectivity index (χ0v) is 12.8. The summed E-state index contributed by atoms with van der Waals surface area (Å²) in [5.74, 6) is -0.289. The SMILES string of the molecule is CCCC(=O)OCc1cc(=O)oc2c1cc(N)c1ccccc12. The van der Waals surface area contributed by atoms with Crippen LogP contribution in [-0.2, 0) is 16.1 Å². The third-order valence-electron chi connectivity index (χ3n) is 3.71. The molecule has 1 aromatic heterocycles. The number of esters is 1. The van der Waals surface area contributed by atoms with Crippen LogP contribution in [0.4, 0.5) is 5.69 Å². The Balaban J connectivity index is 2.15. The van der Waals surface area contributed by atoms with E-state index in [4.69, 9.17) is 14.9 Å². The minimum absolute atomic E-state index is 0.0265. The number of anilines is 1. The lowest BCUT2D eigenvalue weighted by Crippen LogP contribution is -2.07. The molecule has 0 radical (unpaired) electrons. The topological polar surface area (TPSA) is 82.5 Å². The fraction of sp³-hybridized carbons (Fsp3) is 0.222. The molecule has 0 amide bonds. The van der Waals surface area contributed by atoms with Crippen molar-refractivity contribution >= 4 is 33.4 Å². The van der Waals surface area contributed by atoms with Crippen molar-refractivity contribution in [2.24, 2.45) is 0 Å². The summed E-state index contributed by atoms with van der Waals surface area (Å²) in [6, 6.07) is 10.6. The quantitative estimate of drug-likeness (QED) is 0.346. The van der Waals surface area contributed by atoms with Crippen LogP contribution < -0.4 is 11.4 Å². The molecular weight excluding hydrogens is 294 g/mol. The van der Waals surface area contributed by atoms with Crippen molar-refractivity contribution < 1.29 is 13.9 Å². The van der Waals surface area contributed by atoms with Crippen LogP contribution in [0.5, 0.6) is 0 Å². The van der Waals surface area contributed by atoms with Gasteiger partial charge in [0.1, 0.15) is 12.2 Å². The average molecular weight is 311 g/mol. The molecular formula is C18H17NO4. The molecule has 0 bridgehead atoms. The van der Waals surface area contributed by atoms with Gasteiger partial charge in [-0.25, -0.2) is 4.79 Å². The molecule has 0 unspecified atom stereocenters. The van der Waals surface area contributed by atoms with Crippen molar-refractivity contribution in [3.05, 3.63) is 52.4 Å². The molecule has 2 N–H and O–H groups in total. The van der Waals surface area contributed by atoms with Crippen LogP contribution in [0.1, 0.15) is 25.3 Å². The van der Waals surface area contributed by atoms with Gasteiger partial charge in [0.25, 0.3) is 0 Å². The highest BCUT2D eigenvalue weighted by Gasteiger charge is 2.13. The summed E-state index contributed by atoms with van der Waals surface area (Å²) in [4.78, 5) is 23.4. The van der Waals surface area contributed by atoms with Crippen LogP contribution in [0, 0.1) is 0 Å². The first kappa shape index (κ1) is 15.1. The monoisotopic (exact) mass is 311 g/mol. The fourth-order valence-corrected chi connectivity index (χ4v) is 2.63. The number of carbonyl (C=O) groups excluding carboxylic acids is 1. The predicted octanol–water partition coefficient (Wildman–Crippen LogP) is 3.37. The second-order valence-electron chi connectivity index (χ2n) is 5.39. The molecule has 5 nitrogen and oxygen atoms in total. The minimum atomic E-state index is -0.478. The number of carbonyl (C=O) groups is 1. The zero-order valence-electron chi connectivity index (χ0n) is 12.8. The number of rotatable bonds is 4. The average Bonchev–Trinajstić information content (AvgIpc) is 2.54. The highest BCUT2D eigenvalue weighted by Crippen LogP contribution is 2.31. The molecule has 0 saturated carbocycles. The summed E-state index contributed by atoms with van der Waals surface area (Å²) in [7, 11) is 0. The number of hydrogen-bond acceptors (Lipinski definition) is 5. The van der Waals surface area contributed by atoms with Crippen molar-refractivity contribution in [3.8, 4) is 0 Å². The minimum Gasteiger partial charge on any atom is -0.461 e. The maximum Gasteiger partial charge on any atom is 0.336 e. The Bertz CT molecular complexity index is 943. The zero-order chi connectivity index (χ0) is 16.4. The van der Waals surface area contributed by atoms with Gasteiger partial charge in [0.05, 0.1) is 0 Å². The Morgan fingerprint density at radius 2 is 1.91 bits per heavy atom. The van der Waals surface area contributed by atoms with E-state index in [2.05, 4.69) is 0 Å². The molecule has 5 heteroatoms. The molecule has 3 rings (SSSR count). The van der Waals surface area contributed by atoms with E-state index in [-0.39, 0.29) is 12.6 Å². The van der Waals surface area contributed by atoms with E-state index in [1.165, 1.54) is 6.07 Å². The standard InChI is InChI=1S/C18H17NO4/c1-2-5-16(20)22-10-11-8-17(21)23-18-13-7-4-3-6-12(13)15(19)9-14(11)18/h3-4,6-9H,2,5,10,19H2,1H3. The van der Waals surface area contributed by atoms with E-state index in [1.807, 2.05) is 31.2 Å². The normalized spacial score (nSPS) is 11.0. The van der Waals surface area contributed by atoms with Gasteiger partial charge in [-0.15, -0.1) is 0 Å². The van der Waals surface area contributed by atoms with Gasteiger partial charge < -0.3 is 14.9 Å². The summed E-state index contributed by atoms with van der Waals surface area (Å²) in [5.41, 5.74) is 7.27. The molecule has 0 spiro atoms. The Labute approximate surface area is 132 Å². The van der Waals surface area contributed by atoms with Crippen LogP contribution in [0.3, 0.4) is 0 Å². The Morgan fingerprint density at radius 1 is 1.17 bits per heavy atom. The molecule has 0 fully saturated rings. The lowest BCUT2D eigenvalue weighted by Gasteiger charge is -2.10. The maximum atomic E-state index is 11.9. The van der Waals surface area contributed by atoms with E-state index >= 15 is 0 Å². The van der Waals surface area contributed by atoms with Crippen molar-refractivity contribution in [3.63, 3.8) is 0 Å². The molecule has 118 valence electrons. The van der Waals surface area contributed by atoms with Gasteiger partial charge >= 0.3 is 11.6 Å². The third-order valence-corrected chi connectivity index (χ3v) is 3.71. The van der Waals surface area contributed by atoms with E-state index in [1.54, 1.807) is 6.07 Å². The molecule has 0 saturated heterocycles. The van der Waals surface area contributed by atoms with Crippen LogP contribution in [0.15, 0.2) is 45.6 Å². The molecule has 0 atom stereocenters. The molecule has 0 aliphatic rings. The van der Waals surface area contributed by atoms with Gasteiger partial charge in [-0.05, 0) is 12.5 Å². The van der Waals surface area contributed by atoms with Gasteiger partial charge in [0.2, 0.25) is 0 Å². The van der Waals surface area contributed by atoms with Crippen LogP contribution in [-0.4, -0.2) is 5.97 Å². The number of hydrogen-bond donors (Lipinski definition) is 1. The van der Waals surface area contributed by atoms with Gasteiger partial charge in [0.15, 0.2) is 0 Å². The summed E-state index contributed by atoms with van der Waals surface area (Å²) in [6.07, 6.45) is 1.07. The van der Waals surface area contributed by atoms with E-state index in [0.29, 0.717) is 35.1 Å². The summed E-state index contributed by atoms with van der Waals surface area (Å²) in [5, 5.41) is 2.27. The van der Waals surface area contributed by atoms with Crippen LogP contribution >= 0.6 is 0 Å². The van der Waals surface area contributed by atoms with E-state index in [0.717, 1.165) is 10.8 Å². The molecule has 23 heavy (non-hydrogen) atoms. The molecule has 2 aromatic carbocycles. The predicted molar refractivity (Wildman–Crippen MR) is 89.1 cm³/mol. The first-order chi connectivity index (χ1) is 11.1.